The van der Waals surface area contributed by atoms with Crippen LogP contribution in [0.5, 0.6) is 0 Å². The maximum absolute atomic E-state index is 14.5. The molecule has 1 aromatic carbocycles. The molecular weight excluding hydrogens is 369 g/mol. The third-order valence-electron chi connectivity index (χ3n) is 6.54. The smallest absolute Gasteiger partial charge is 0.177 e. The van der Waals surface area contributed by atoms with Crippen LogP contribution in [0.2, 0.25) is 5.02 Å². The van der Waals surface area contributed by atoms with Gasteiger partial charge >= 0.3 is 0 Å². The number of fused-ring (bicyclic) bond motifs is 3. The first-order valence-electron chi connectivity index (χ1n) is 9.58. The zero-order valence-electron chi connectivity index (χ0n) is 14.7. The normalized spacial score (nSPS) is 27.4. The minimum atomic E-state index is -0.146. The Morgan fingerprint density at radius 3 is 2.88 bits per heavy atom. The van der Waals surface area contributed by atoms with Gasteiger partial charge in [0.1, 0.15) is 5.82 Å². The predicted molar refractivity (Wildman–Crippen MR) is 104 cm³/mol. The Morgan fingerprint density at radius 2 is 2.08 bits per heavy atom. The van der Waals surface area contributed by atoms with Crippen LogP contribution in [0.15, 0.2) is 18.2 Å². The second-order valence-electron chi connectivity index (χ2n) is 8.07. The number of nitrogens with one attached hydrogen (secondary N) is 1. The molecule has 1 saturated carbocycles. The minimum Gasteiger partial charge on any atom is -0.334 e. The quantitative estimate of drug-likeness (QED) is 0.756. The van der Waals surface area contributed by atoms with Crippen LogP contribution in [-0.2, 0) is 18.4 Å². The molecule has 0 bridgehead atoms. The molecule has 0 spiro atoms. The van der Waals surface area contributed by atoms with Crippen molar-refractivity contribution in [3.8, 4) is 0 Å². The summed E-state index contributed by atoms with van der Waals surface area (Å²) in [6, 6.07) is 4.93. The van der Waals surface area contributed by atoms with Gasteiger partial charge in [0.2, 0.25) is 0 Å². The van der Waals surface area contributed by atoms with Gasteiger partial charge in [0.25, 0.3) is 0 Å². The molecule has 1 N–H and O–H groups in total. The van der Waals surface area contributed by atoms with E-state index in [0.717, 1.165) is 36.3 Å². The monoisotopic (exact) mass is 391 g/mol. The summed E-state index contributed by atoms with van der Waals surface area (Å²) in [6.45, 7) is 4.26. The van der Waals surface area contributed by atoms with E-state index in [4.69, 9.17) is 23.8 Å². The highest BCUT2D eigenvalue weighted by Crippen LogP contribution is 2.66. The first kappa shape index (κ1) is 17.0. The van der Waals surface area contributed by atoms with Crippen LogP contribution in [0.4, 0.5) is 4.39 Å². The van der Waals surface area contributed by atoms with E-state index in [9.17, 15) is 4.39 Å². The summed E-state index contributed by atoms with van der Waals surface area (Å²) in [5.41, 5.74) is 3.18. The Balaban J connectivity index is 1.41. The molecule has 5 rings (SSSR count). The molecule has 6 heteroatoms. The third-order valence-corrected chi connectivity index (χ3v) is 7.10. The van der Waals surface area contributed by atoms with E-state index in [1.54, 1.807) is 6.07 Å². The van der Waals surface area contributed by atoms with Gasteiger partial charge in [0.05, 0.1) is 0 Å². The van der Waals surface area contributed by atoms with E-state index >= 15 is 0 Å². The Bertz CT molecular complexity index is 914. The van der Waals surface area contributed by atoms with Gasteiger partial charge in [-0.2, -0.15) is 0 Å². The number of hydrogen-bond acceptors (Lipinski definition) is 2. The van der Waals surface area contributed by atoms with Gasteiger partial charge in [-0.25, -0.2) is 4.39 Å². The molecule has 1 aliphatic carbocycles. The maximum atomic E-state index is 14.5. The van der Waals surface area contributed by atoms with Gasteiger partial charge in [-0.3, -0.25) is 0 Å². The highest BCUT2D eigenvalue weighted by Gasteiger charge is 2.63. The number of halogens is 2. The Hall–Kier alpha value is -1.17. The lowest BCUT2D eigenvalue weighted by Crippen LogP contribution is -2.31. The number of piperidine rings is 1. The summed E-state index contributed by atoms with van der Waals surface area (Å²) in [5.74, 6) is 0.215. The van der Waals surface area contributed by atoms with Gasteiger partial charge in [-0.05, 0) is 68.3 Å². The number of aromatic nitrogens is 2. The van der Waals surface area contributed by atoms with Crippen molar-refractivity contribution in [3.05, 3.63) is 50.8 Å². The summed E-state index contributed by atoms with van der Waals surface area (Å²) >= 11 is 11.7. The molecule has 0 radical (unpaired) electrons. The molecule has 3 aliphatic rings. The maximum Gasteiger partial charge on any atom is 0.177 e. The molecule has 3 nitrogen and oxygen atoms in total. The summed E-state index contributed by atoms with van der Waals surface area (Å²) in [5, 5.41) is 0.605. The van der Waals surface area contributed by atoms with Crippen LogP contribution in [0.25, 0.3) is 0 Å². The summed E-state index contributed by atoms with van der Waals surface area (Å²) in [7, 11) is 0. The average molecular weight is 392 g/mol. The van der Waals surface area contributed by atoms with Crippen molar-refractivity contribution < 1.29 is 4.39 Å². The van der Waals surface area contributed by atoms with Crippen LogP contribution in [0, 0.1) is 10.6 Å². The standard InChI is InChI=1S/C20H23ClFN3S/c21-13-4-5-16(22)14(10-13)20-11-15(20)18-17(23-19(26)25(18)12-20)6-9-24-7-2-1-3-8-24/h4-5,10,15H,1-3,6-9,11-12H2,(H,23,26)/t15-,20+/m0/s1. The molecule has 26 heavy (non-hydrogen) atoms. The molecule has 2 atom stereocenters. The number of H-pyrrole nitrogens is 1. The van der Waals surface area contributed by atoms with Crippen LogP contribution < -0.4 is 0 Å². The highest BCUT2D eigenvalue weighted by molar-refractivity contribution is 7.71. The number of likely N-dealkylation sites (tertiary alicyclic amines) is 1. The van der Waals surface area contributed by atoms with Crippen molar-refractivity contribution in [2.24, 2.45) is 0 Å². The van der Waals surface area contributed by atoms with E-state index in [1.807, 2.05) is 6.07 Å². The number of aromatic amines is 1. The van der Waals surface area contributed by atoms with Gasteiger partial charge < -0.3 is 14.5 Å². The van der Waals surface area contributed by atoms with Crippen molar-refractivity contribution >= 4 is 23.8 Å². The number of benzene rings is 1. The highest BCUT2D eigenvalue weighted by atomic mass is 35.5. The second kappa shape index (κ2) is 6.18. The van der Waals surface area contributed by atoms with Crippen LogP contribution in [0.3, 0.4) is 0 Å². The summed E-state index contributed by atoms with van der Waals surface area (Å²) in [6.07, 6.45) is 5.97. The number of rotatable bonds is 4. The van der Waals surface area contributed by atoms with Crippen LogP contribution in [-0.4, -0.2) is 34.1 Å². The first-order valence-corrected chi connectivity index (χ1v) is 10.4. The molecule has 0 unspecified atom stereocenters. The molecule has 0 amide bonds. The molecule has 138 valence electrons. The van der Waals surface area contributed by atoms with Crippen LogP contribution in [0.1, 0.15) is 48.6 Å². The van der Waals surface area contributed by atoms with E-state index < -0.39 is 0 Å². The van der Waals surface area contributed by atoms with Crippen molar-refractivity contribution in [2.75, 3.05) is 19.6 Å². The lowest BCUT2D eigenvalue weighted by Gasteiger charge is -2.26. The molecule has 2 fully saturated rings. The number of nitrogens with zero attached hydrogens (tertiary/aromatic N) is 2. The van der Waals surface area contributed by atoms with Gasteiger partial charge in [0, 0.05) is 47.3 Å². The predicted octanol–water partition coefficient (Wildman–Crippen LogP) is 4.81. The van der Waals surface area contributed by atoms with Gasteiger partial charge in [0.15, 0.2) is 4.77 Å². The van der Waals surface area contributed by atoms with Crippen molar-refractivity contribution in [1.82, 2.24) is 14.5 Å². The van der Waals surface area contributed by atoms with Gasteiger partial charge in [-0.15, -0.1) is 0 Å². The lowest BCUT2D eigenvalue weighted by atomic mass is 9.93. The Morgan fingerprint density at radius 1 is 1.27 bits per heavy atom. The topological polar surface area (TPSA) is 24.0 Å². The number of hydrogen-bond donors (Lipinski definition) is 1. The first-order chi connectivity index (χ1) is 12.6. The molecule has 2 aliphatic heterocycles. The van der Waals surface area contributed by atoms with E-state index in [0.29, 0.717) is 10.9 Å². The summed E-state index contributed by atoms with van der Waals surface area (Å²) in [4.78, 5) is 5.99. The summed E-state index contributed by atoms with van der Waals surface area (Å²) < 4.78 is 17.5. The SMILES string of the molecule is Fc1ccc(Cl)cc1[C@]12C[C@H]1c1c(CCN3CCCCC3)[nH]c(=S)n1C2. The fourth-order valence-electron chi connectivity index (χ4n) is 5.11. The largest absolute Gasteiger partial charge is 0.334 e. The fraction of sp³-hybridized carbons (Fsp3) is 0.550. The lowest BCUT2D eigenvalue weighted by molar-refractivity contribution is 0.231. The second-order valence-corrected chi connectivity index (χ2v) is 8.89. The molecule has 2 aromatic rings. The average Bonchev–Trinajstić information content (AvgIpc) is 3.14. The number of imidazole rings is 1. The zero-order valence-corrected chi connectivity index (χ0v) is 16.3. The van der Waals surface area contributed by atoms with Crippen molar-refractivity contribution in [1.29, 1.82) is 0 Å². The van der Waals surface area contributed by atoms with E-state index in [-0.39, 0.29) is 11.2 Å². The van der Waals surface area contributed by atoms with Gasteiger partial charge in [-0.1, -0.05) is 18.0 Å². The minimum absolute atomic E-state index is 0.146. The zero-order chi connectivity index (χ0) is 17.9. The van der Waals surface area contributed by atoms with Crippen molar-refractivity contribution in [2.45, 2.75) is 50.0 Å². The Kier molecular flexibility index (Phi) is 4.03. The van der Waals surface area contributed by atoms with Crippen LogP contribution >= 0.6 is 23.8 Å². The van der Waals surface area contributed by atoms with E-state index in [2.05, 4.69) is 14.5 Å². The Labute approximate surface area is 163 Å². The van der Waals surface area contributed by atoms with E-state index in [1.165, 1.54) is 49.8 Å². The molecular formula is C20H23ClFN3S. The van der Waals surface area contributed by atoms with Crippen molar-refractivity contribution in [3.63, 3.8) is 0 Å². The fourth-order valence-corrected chi connectivity index (χ4v) is 5.57. The molecule has 3 heterocycles. The molecule has 1 aromatic heterocycles. The third kappa shape index (κ3) is 2.59. The molecule has 1 saturated heterocycles.